The van der Waals surface area contributed by atoms with Crippen LogP contribution in [0.3, 0.4) is 0 Å². The number of benzene rings is 2. The molecule has 0 fully saturated rings. The molecule has 6 heteroatoms. The van der Waals surface area contributed by atoms with Gasteiger partial charge in [0.15, 0.2) is 0 Å². The molecule has 2 aromatic carbocycles. The molecule has 0 radical (unpaired) electrons. The van der Waals surface area contributed by atoms with Gasteiger partial charge in [0.1, 0.15) is 5.02 Å². The first-order valence-electron chi connectivity index (χ1n) is 10.2. The Morgan fingerprint density at radius 2 is 1.65 bits per heavy atom. The fraction of sp³-hybridized carbons (Fsp3) is 0.280. The number of aromatic nitrogens is 1. The molecule has 0 aliphatic rings. The molecular weight excluding hydrogens is 433 g/mol. The smallest absolute Gasteiger partial charge is 0.335 e. The molecule has 0 spiro atoms. The summed E-state index contributed by atoms with van der Waals surface area (Å²) in [5.74, 6) is -0.516. The van der Waals surface area contributed by atoms with Crippen LogP contribution in [0.15, 0.2) is 59.4 Å². The summed E-state index contributed by atoms with van der Waals surface area (Å²) < 4.78 is 1.64. The van der Waals surface area contributed by atoms with Crippen molar-refractivity contribution in [3.8, 4) is 0 Å². The first-order chi connectivity index (χ1) is 14.8. The molecule has 0 unspecified atom stereocenters. The molecule has 1 N–H and O–H groups in total. The lowest BCUT2D eigenvalue weighted by atomic mass is 9.98. The molecule has 31 heavy (non-hydrogen) atoms. The van der Waals surface area contributed by atoms with Crippen LogP contribution < -0.4 is 5.56 Å². The van der Waals surface area contributed by atoms with Gasteiger partial charge >= 0.3 is 5.97 Å². The SMILES string of the molecule is CC(C)c1cccc(CCc2c(Cl)cc(Cl)c(=O)n2CCc2ccc(C(=O)O)cc2)c1. The van der Waals surface area contributed by atoms with Crippen molar-refractivity contribution in [2.75, 3.05) is 0 Å². The van der Waals surface area contributed by atoms with Crippen LogP contribution in [0.5, 0.6) is 0 Å². The van der Waals surface area contributed by atoms with Gasteiger partial charge in [0.25, 0.3) is 5.56 Å². The van der Waals surface area contributed by atoms with Crippen molar-refractivity contribution in [3.63, 3.8) is 0 Å². The van der Waals surface area contributed by atoms with Gasteiger partial charge in [-0.3, -0.25) is 4.79 Å². The van der Waals surface area contributed by atoms with Crippen LogP contribution in [0, 0.1) is 0 Å². The van der Waals surface area contributed by atoms with Crippen LogP contribution in [-0.2, 0) is 25.8 Å². The Morgan fingerprint density at radius 3 is 2.29 bits per heavy atom. The molecular formula is C25H25Cl2NO3. The van der Waals surface area contributed by atoms with Crippen LogP contribution in [0.2, 0.25) is 10.0 Å². The number of carboxylic acid groups (broad SMARTS) is 1. The average Bonchev–Trinajstić information content (AvgIpc) is 2.75. The number of hydrogen-bond acceptors (Lipinski definition) is 2. The Bertz CT molecular complexity index is 1130. The van der Waals surface area contributed by atoms with E-state index in [1.165, 1.54) is 17.2 Å². The van der Waals surface area contributed by atoms with Crippen molar-refractivity contribution in [1.82, 2.24) is 4.57 Å². The second-order valence-corrected chi connectivity index (χ2v) is 8.71. The van der Waals surface area contributed by atoms with E-state index in [1.54, 1.807) is 28.8 Å². The Labute approximate surface area is 192 Å². The standard InChI is InChI=1S/C25H25Cl2NO3/c1-16(2)20-5-3-4-18(14-20)8-11-23-21(26)15-22(27)24(29)28(23)13-12-17-6-9-19(10-7-17)25(30)31/h3-7,9-10,14-16H,8,11-13H2,1-2H3,(H,30,31). The molecule has 1 aromatic heterocycles. The zero-order valence-electron chi connectivity index (χ0n) is 17.6. The van der Waals surface area contributed by atoms with E-state index in [0.29, 0.717) is 30.3 Å². The van der Waals surface area contributed by atoms with Crippen LogP contribution in [0.4, 0.5) is 0 Å². The van der Waals surface area contributed by atoms with Crippen molar-refractivity contribution >= 4 is 29.2 Å². The predicted octanol–water partition coefficient (Wildman–Crippen LogP) is 6.00. The van der Waals surface area contributed by atoms with E-state index in [-0.39, 0.29) is 16.1 Å². The average molecular weight is 458 g/mol. The zero-order valence-corrected chi connectivity index (χ0v) is 19.1. The highest BCUT2D eigenvalue weighted by molar-refractivity contribution is 6.34. The normalized spacial score (nSPS) is 11.1. The van der Waals surface area contributed by atoms with Gasteiger partial charge in [-0.05, 0) is 60.1 Å². The molecule has 0 amide bonds. The molecule has 3 rings (SSSR count). The van der Waals surface area contributed by atoms with E-state index < -0.39 is 5.97 Å². The molecule has 1 heterocycles. The highest BCUT2D eigenvalue weighted by Crippen LogP contribution is 2.22. The van der Waals surface area contributed by atoms with Crippen molar-refractivity contribution in [2.45, 2.75) is 45.6 Å². The minimum Gasteiger partial charge on any atom is -0.478 e. The van der Waals surface area contributed by atoms with E-state index in [2.05, 4.69) is 38.1 Å². The second-order valence-electron chi connectivity index (χ2n) is 7.90. The number of hydrogen-bond donors (Lipinski definition) is 1. The van der Waals surface area contributed by atoms with E-state index >= 15 is 0 Å². The van der Waals surface area contributed by atoms with Crippen molar-refractivity contribution < 1.29 is 9.90 Å². The molecule has 0 aliphatic heterocycles. The van der Waals surface area contributed by atoms with E-state index in [1.807, 2.05) is 0 Å². The number of nitrogens with zero attached hydrogens (tertiary/aromatic N) is 1. The number of carboxylic acids is 1. The number of halogens is 2. The quantitative estimate of drug-likeness (QED) is 0.450. The number of carbonyl (C=O) groups is 1. The summed E-state index contributed by atoms with van der Waals surface area (Å²) in [6.45, 7) is 4.73. The monoisotopic (exact) mass is 457 g/mol. The number of pyridine rings is 1. The van der Waals surface area contributed by atoms with Crippen LogP contribution in [0.1, 0.15) is 52.5 Å². The third-order valence-corrected chi connectivity index (χ3v) is 6.00. The Balaban J connectivity index is 1.82. The molecule has 0 bridgehead atoms. The third-order valence-electron chi connectivity index (χ3n) is 5.40. The van der Waals surface area contributed by atoms with Gasteiger partial charge in [-0.1, -0.05) is 73.4 Å². The molecule has 0 atom stereocenters. The minimum atomic E-state index is -0.965. The summed E-state index contributed by atoms with van der Waals surface area (Å²) in [5.41, 5.74) is 4.13. The lowest BCUT2D eigenvalue weighted by Gasteiger charge is -2.16. The Kier molecular flexibility index (Phi) is 7.58. The topological polar surface area (TPSA) is 59.3 Å². The lowest BCUT2D eigenvalue weighted by Crippen LogP contribution is -2.25. The van der Waals surface area contributed by atoms with Crippen LogP contribution in [-0.4, -0.2) is 15.6 Å². The summed E-state index contributed by atoms with van der Waals surface area (Å²) in [6, 6.07) is 16.6. The number of rotatable bonds is 8. The number of aryl methyl sites for hydroxylation is 2. The fourth-order valence-corrected chi connectivity index (χ4v) is 4.13. The van der Waals surface area contributed by atoms with Crippen molar-refractivity contribution in [3.05, 3.63) is 103 Å². The van der Waals surface area contributed by atoms with Crippen LogP contribution in [0.25, 0.3) is 0 Å². The lowest BCUT2D eigenvalue weighted by molar-refractivity contribution is 0.0697. The summed E-state index contributed by atoms with van der Waals surface area (Å²) in [6.07, 6.45) is 1.94. The predicted molar refractivity (Wildman–Crippen MR) is 126 cm³/mol. The molecule has 0 saturated carbocycles. The molecule has 162 valence electrons. The van der Waals surface area contributed by atoms with Gasteiger partial charge in [0.05, 0.1) is 10.6 Å². The molecule has 0 aliphatic carbocycles. The first-order valence-corrected chi connectivity index (χ1v) is 11.0. The maximum Gasteiger partial charge on any atom is 0.335 e. The van der Waals surface area contributed by atoms with Gasteiger partial charge in [-0.2, -0.15) is 0 Å². The number of aromatic carboxylic acids is 1. The maximum atomic E-state index is 12.8. The fourth-order valence-electron chi connectivity index (χ4n) is 3.55. The second kappa shape index (κ2) is 10.2. The summed E-state index contributed by atoms with van der Waals surface area (Å²) in [5, 5.41) is 9.61. The van der Waals surface area contributed by atoms with Gasteiger partial charge < -0.3 is 9.67 Å². The minimum absolute atomic E-state index is 0.0942. The largest absolute Gasteiger partial charge is 0.478 e. The van der Waals surface area contributed by atoms with Gasteiger partial charge in [-0.15, -0.1) is 0 Å². The van der Waals surface area contributed by atoms with Gasteiger partial charge in [0.2, 0.25) is 0 Å². The highest BCUT2D eigenvalue weighted by Gasteiger charge is 2.14. The van der Waals surface area contributed by atoms with Crippen LogP contribution >= 0.6 is 23.2 Å². The zero-order chi connectivity index (χ0) is 22.5. The third kappa shape index (κ3) is 5.78. The highest BCUT2D eigenvalue weighted by atomic mass is 35.5. The molecule has 4 nitrogen and oxygen atoms in total. The summed E-state index contributed by atoms with van der Waals surface area (Å²) in [7, 11) is 0. The van der Waals surface area contributed by atoms with E-state index in [9.17, 15) is 9.59 Å². The first kappa shape index (κ1) is 23.1. The molecule has 3 aromatic rings. The van der Waals surface area contributed by atoms with Crippen molar-refractivity contribution in [1.29, 1.82) is 0 Å². The van der Waals surface area contributed by atoms with Gasteiger partial charge in [-0.25, -0.2) is 4.79 Å². The maximum absolute atomic E-state index is 12.8. The van der Waals surface area contributed by atoms with Gasteiger partial charge in [0, 0.05) is 12.2 Å². The summed E-state index contributed by atoms with van der Waals surface area (Å²) >= 11 is 12.6. The van der Waals surface area contributed by atoms with E-state index in [4.69, 9.17) is 28.3 Å². The molecule has 0 saturated heterocycles. The Hall–Kier alpha value is -2.56. The Morgan fingerprint density at radius 1 is 0.935 bits per heavy atom. The van der Waals surface area contributed by atoms with Crippen molar-refractivity contribution in [2.24, 2.45) is 0 Å². The van der Waals surface area contributed by atoms with E-state index in [0.717, 1.165) is 17.7 Å². The summed E-state index contributed by atoms with van der Waals surface area (Å²) in [4.78, 5) is 23.8.